The van der Waals surface area contributed by atoms with Gasteiger partial charge in [0, 0.05) is 0 Å². The summed E-state index contributed by atoms with van der Waals surface area (Å²) in [5, 5.41) is 0. The van der Waals surface area contributed by atoms with Crippen LogP contribution in [-0.4, -0.2) is 51.0 Å². The number of sulfonamides is 1. The Kier molecular flexibility index (Phi) is 8.11. The van der Waals surface area contributed by atoms with Gasteiger partial charge in [0.1, 0.15) is 5.75 Å². The molecule has 0 saturated carbocycles. The molecule has 8 nitrogen and oxygen atoms in total. The van der Waals surface area contributed by atoms with Gasteiger partial charge in [0.05, 0.1) is 36.8 Å². The summed E-state index contributed by atoms with van der Waals surface area (Å²) in [6, 6.07) is 11.0. The zero-order valence-electron chi connectivity index (χ0n) is 19.7. The van der Waals surface area contributed by atoms with E-state index in [-0.39, 0.29) is 30.1 Å². The quantitative estimate of drug-likeness (QED) is 0.525. The molecule has 0 N–H and O–H groups in total. The van der Waals surface area contributed by atoms with E-state index in [0.717, 1.165) is 9.87 Å². The Bertz CT molecular complexity index is 1150. The maximum atomic E-state index is 14.0. The number of esters is 2. The van der Waals surface area contributed by atoms with Gasteiger partial charge in [-0.2, -0.15) is 4.31 Å². The standard InChI is InChI=1S/C25H29NO7S/c1-5-32-24(27)21-15-16-22(18-9-11-19(31-4)12-10-18)26(23(21)25(28)33-6-2)34(29,30)20-13-7-17(3)8-14-20/h7-15,22-23H,5-6,16H2,1-4H3/t22-,23+/m0/s1. The van der Waals surface area contributed by atoms with Gasteiger partial charge < -0.3 is 14.2 Å². The predicted molar refractivity (Wildman–Crippen MR) is 126 cm³/mol. The van der Waals surface area contributed by atoms with Gasteiger partial charge in [0.2, 0.25) is 10.0 Å². The molecule has 9 heteroatoms. The van der Waals surface area contributed by atoms with Crippen LogP contribution in [0.25, 0.3) is 0 Å². The molecule has 2 aromatic rings. The van der Waals surface area contributed by atoms with Gasteiger partial charge in [-0.15, -0.1) is 0 Å². The lowest BCUT2D eigenvalue weighted by Gasteiger charge is -2.39. The highest BCUT2D eigenvalue weighted by Crippen LogP contribution is 2.40. The molecule has 1 aliphatic rings. The number of carbonyl (C=O) groups is 2. The van der Waals surface area contributed by atoms with Gasteiger partial charge in [-0.1, -0.05) is 35.9 Å². The maximum Gasteiger partial charge on any atom is 0.335 e. The minimum absolute atomic E-state index is 0.0102. The predicted octanol–water partition coefficient (Wildman–Crippen LogP) is 3.56. The number of carbonyl (C=O) groups excluding carboxylic acids is 2. The molecule has 34 heavy (non-hydrogen) atoms. The topological polar surface area (TPSA) is 99.2 Å². The Hall–Kier alpha value is -3.17. The first-order valence-corrected chi connectivity index (χ1v) is 12.5. The number of aryl methyl sites for hydroxylation is 1. The van der Waals surface area contributed by atoms with Gasteiger partial charge in [-0.3, -0.25) is 0 Å². The lowest BCUT2D eigenvalue weighted by atomic mass is 9.93. The third-order valence-electron chi connectivity index (χ3n) is 5.54. The van der Waals surface area contributed by atoms with Crippen molar-refractivity contribution in [1.29, 1.82) is 0 Å². The molecule has 0 saturated heterocycles. The largest absolute Gasteiger partial charge is 0.497 e. The Labute approximate surface area is 200 Å². The average molecular weight is 488 g/mol. The van der Waals surface area contributed by atoms with Gasteiger partial charge >= 0.3 is 11.9 Å². The van der Waals surface area contributed by atoms with E-state index in [1.54, 1.807) is 56.3 Å². The van der Waals surface area contributed by atoms with Crippen LogP contribution in [-0.2, 0) is 29.1 Å². The van der Waals surface area contributed by atoms with Gasteiger partial charge in [-0.25, -0.2) is 18.0 Å². The summed E-state index contributed by atoms with van der Waals surface area (Å²) in [5.74, 6) is -0.981. The van der Waals surface area contributed by atoms with Crippen molar-refractivity contribution in [3.8, 4) is 5.75 Å². The van der Waals surface area contributed by atoms with Crippen LogP contribution in [0.3, 0.4) is 0 Å². The van der Waals surface area contributed by atoms with Gasteiger partial charge in [0.15, 0.2) is 6.04 Å². The highest BCUT2D eigenvalue weighted by molar-refractivity contribution is 7.89. The minimum Gasteiger partial charge on any atom is -0.497 e. The van der Waals surface area contributed by atoms with Crippen LogP contribution in [0.1, 0.15) is 37.4 Å². The van der Waals surface area contributed by atoms with E-state index in [1.807, 2.05) is 6.92 Å². The Morgan fingerprint density at radius 2 is 1.59 bits per heavy atom. The minimum atomic E-state index is -4.23. The normalized spacial score (nSPS) is 18.6. The fourth-order valence-electron chi connectivity index (χ4n) is 3.88. The second kappa shape index (κ2) is 10.8. The molecule has 2 atom stereocenters. The summed E-state index contributed by atoms with van der Waals surface area (Å²) in [4.78, 5) is 25.9. The summed E-state index contributed by atoms with van der Waals surface area (Å²) < 4.78 is 44.6. The van der Waals surface area contributed by atoms with E-state index in [1.165, 1.54) is 19.2 Å². The van der Waals surface area contributed by atoms with E-state index in [9.17, 15) is 18.0 Å². The number of hydrogen-bond donors (Lipinski definition) is 0. The average Bonchev–Trinajstić information content (AvgIpc) is 2.83. The summed E-state index contributed by atoms with van der Waals surface area (Å²) in [7, 11) is -2.70. The second-order valence-corrected chi connectivity index (χ2v) is 9.55. The Morgan fingerprint density at radius 1 is 0.971 bits per heavy atom. The van der Waals surface area contributed by atoms with Gasteiger partial charge in [-0.05, 0) is 57.0 Å². The van der Waals surface area contributed by atoms with Crippen molar-refractivity contribution in [2.24, 2.45) is 0 Å². The zero-order chi connectivity index (χ0) is 24.9. The summed E-state index contributed by atoms with van der Waals surface area (Å²) in [6.07, 6.45) is 1.73. The monoisotopic (exact) mass is 487 g/mol. The fourth-order valence-corrected chi connectivity index (χ4v) is 5.62. The van der Waals surface area contributed by atoms with Crippen LogP contribution in [0.5, 0.6) is 5.75 Å². The zero-order valence-corrected chi connectivity index (χ0v) is 20.5. The van der Waals surface area contributed by atoms with E-state index >= 15 is 0 Å². The molecule has 0 aliphatic carbocycles. The molecular formula is C25H29NO7S. The highest BCUT2D eigenvalue weighted by Gasteiger charge is 2.48. The maximum absolute atomic E-state index is 14.0. The molecule has 182 valence electrons. The molecule has 0 radical (unpaired) electrons. The van der Waals surface area contributed by atoms with Crippen molar-refractivity contribution < 1.29 is 32.2 Å². The number of hydrogen-bond acceptors (Lipinski definition) is 7. The lowest BCUT2D eigenvalue weighted by Crippen LogP contribution is -2.52. The fraction of sp³-hybridized carbons (Fsp3) is 0.360. The molecule has 3 rings (SSSR count). The number of rotatable bonds is 8. The van der Waals surface area contributed by atoms with Crippen LogP contribution in [0, 0.1) is 6.92 Å². The molecule has 0 amide bonds. The second-order valence-electron chi connectivity index (χ2n) is 7.71. The number of nitrogens with zero attached hydrogens (tertiary/aromatic N) is 1. The van der Waals surface area contributed by atoms with Crippen molar-refractivity contribution in [3.63, 3.8) is 0 Å². The van der Waals surface area contributed by atoms with Crippen LogP contribution < -0.4 is 4.74 Å². The van der Waals surface area contributed by atoms with E-state index in [0.29, 0.717) is 11.3 Å². The van der Waals surface area contributed by atoms with Crippen molar-refractivity contribution in [2.75, 3.05) is 20.3 Å². The van der Waals surface area contributed by atoms with Crippen molar-refractivity contribution in [3.05, 3.63) is 71.3 Å². The molecule has 2 aromatic carbocycles. The molecule has 0 spiro atoms. The lowest BCUT2D eigenvalue weighted by molar-refractivity contribution is -0.150. The molecule has 0 bridgehead atoms. The molecule has 1 aliphatic heterocycles. The first-order chi connectivity index (χ1) is 16.2. The van der Waals surface area contributed by atoms with Crippen molar-refractivity contribution in [1.82, 2.24) is 4.31 Å². The Balaban J connectivity index is 2.22. The van der Waals surface area contributed by atoms with E-state index < -0.39 is 34.0 Å². The van der Waals surface area contributed by atoms with E-state index in [2.05, 4.69) is 0 Å². The summed E-state index contributed by atoms with van der Waals surface area (Å²) >= 11 is 0. The van der Waals surface area contributed by atoms with Crippen LogP contribution >= 0.6 is 0 Å². The molecular weight excluding hydrogens is 458 g/mol. The van der Waals surface area contributed by atoms with E-state index in [4.69, 9.17) is 14.2 Å². The molecule has 0 aromatic heterocycles. The first-order valence-electron chi connectivity index (χ1n) is 11.0. The van der Waals surface area contributed by atoms with Crippen LogP contribution in [0.4, 0.5) is 0 Å². The number of benzene rings is 2. The molecule has 0 unspecified atom stereocenters. The Morgan fingerprint density at radius 3 is 2.15 bits per heavy atom. The smallest absolute Gasteiger partial charge is 0.335 e. The number of ether oxygens (including phenoxy) is 3. The third-order valence-corrected chi connectivity index (χ3v) is 7.42. The highest BCUT2D eigenvalue weighted by atomic mass is 32.2. The summed E-state index contributed by atoms with van der Waals surface area (Å²) in [6.45, 7) is 5.21. The number of methoxy groups -OCH3 is 1. The molecule has 1 heterocycles. The van der Waals surface area contributed by atoms with Crippen LogP contribution in [0.2, 0.25) is 0 Å². The first kappa shape index (κ1) is 25.5. The van der Waals surface area contributed by atoms with Crippen molar-refractivity contribution in [2.45, 2.75) is 44.2 Å². The molecule has 0 fully saturated rings. The SMILES string of the molecule is CCOC(=O)C1=CC[C@@H](c2ccc(OC)cc2)N(S(=O)(=O)c2ccc(C)cc2)[C@H]1C(=O)OCC. The van der Waals surface area contributed by atoms with Crippen molar-refractivity contribution >= 4 is 22.0 Å². The van der Waals surface area contributed by atoms with Gasteiger partial charge in [0.25, 0.3) is 0 Å². The third kappa shape index (κ3) is 5.15. The van der Waals surface area contributed by atoms with Crippen LogP contribution in [0.15, 0.2) is 65.1 Å². The summed E-state index contributed by atoms with van der Waals surface area (Å²) in [5.41, 5.74) is 1.48.